The number of aromatic nitrogens is 2. The average molecular weight is 332 g/mol. The van der Waals surface area contributed by atoms with E-state index >= 15 is 0 Å². The minimum absolute atomic E-state index is 0.110. The SMILES string of the molecule is CC(C)c1cc(=O)n(CC2CCN(CC3CCCCC3)CC2)cn1. The lowest BCUT2D eigenvalue weighted by atomic mass is 9.88. The van der Waals surface area contributed by atoms with Gasteiger partial charge in [-0.05, 0) is 56.5 Å². The topological polar surface area (TPSA) is 38.1 Å². The first kappa shape index (κ1) is 17.7. The molecule has 1 aliphatic carbocycles. The second-order valence-corrected chi connectivity index (χ2v) is 8.21. The van der Waals surface area contributed by atoms with Crippen LogP contribution < -0.4 is 5.56 Å². The van der Waals surface area contributed by atoms with Crippen molar-refractivity contribution in [1.82, 2.24) is 14.5 Å². The van der Waals surface area contributed by atoms with Gasteiger partial charge in [-0.2, -0.15) is 0 Å². The van der Waals surface area contributed by atoms with Gasteiger partial charge in [0.2, 0.25) is 0 Å². The summed E-state index contributed by atoms with van der Waals surface area (Å²) in [5, 5.41) is 0. The normalized spacial score (nSPS) is 21.5. The van der Waals surface area contributed by atoms with Crippen LogP contribution in [-0.4, -0.2) is 34.1 Å². The first-order chi connectivity index (χ1) is 11.6. The van der Waals surface area contributed by atoms with Crippen molar-refractivity contribution < 1.29 is 0 Å². The van der Waals surface area contributed by atoms with Gasteiger partial charge in [-0.1, -0.05) is 33.1 Å². The molecule has 0 amide bonds. The fraction of sp³-hybridized carbons (Fsp3) is 0.800. The standard InChI is InChI=1S/C20H33N3O/c1-16(2)19-12-20(24)23(15-21-19)14-18-8-10-22(11-9-18)13-17-6-4-3-5-7-17/h12,15-18H,3-11,13-14H2,1-2H3. The lowest BCUT2D eigenvalue weighted by molar-refractivity contribution is 0.138. The summed E-state index contributed by atoms with van der Waals surface area (Å²) in [5.74, 6) is 1.87. The Bertz CT molecular complexity index is 566. The molecular formula is C20H33N3O. The van der Waals surface area contributed by atoms with Gasteiger partial charge in [0.25, 0.3) is 5.56 Å². The first-order valence-electron chi connectivity index (χ1n) is 9.90. The van der Waals surface area contributed by atoms with E-state index in [9.17, 15) is 4.79 Å². The van der Waals surface area contributed by atoms with Crippen LogP contribution in [-0.2, 0) is 6.54 Å². The first-order valence-corrected chi connectivity index (χ1v) is 9.90. The van der Waals surface area contributed by atoms with Gasteiger partial charge in [-0.15, -0.1) is 0 Å². The third-order valence-corrected chi connectivity index (χ3v) is 5.90. The van der Waals surface area contributed by atoms with Crippen LogP contribution in [0.25, 0.3) is 0 Å². The van der Waals surface area contributed by atoms with Crippen molar-refractivity contribution in [2.45, 2.75) is 71.3 Å². The molecule has 1 saturated heterocycles. The molecule has 1 saturated carbocycles. The molecule has 0 N–H and O–H groups in total. The van der Waals surface area contributed by atoms with E-state index in [-0.39, 0.29) is 5.56 Å². The summed E-state index contributed by atoms with van der Waals surface area (Å²) in [5.41, 5.74) is 1.01. The monoisotopic (exact) mass is 331 g/mol. The maximum Gasteiger partial charge on any atom is 0.253 e. The van der Waals surface area contributed by atoms with Crippen molar-refractivity contribution >= 4 is 0 Å². The Morgan fingerprint density at radius 3 is 2.33 bits per heavy atom. The Labute approximate surface area is 146 Å². The van der Waals surface area contributed by atoms with Crippen LogP contribution in [0, 0.1) is 11.8 Å². The van der Waals surface area contributed by atoms with Crippen LogP contribution in [0.15, 0.2) is 17.2 Å². The van der Waals surface area contributed by atoms with Gasteiger partial charge in [0, 0.05) is 19.2 Å². The van der Waals surface area contributed by atoms with Crippen molar-refractivity contribution in [3.8, 4) is 0 Å². The number of likely N-dealkylation sites (tertiary alicyclic amines) is 1. The molecule has 2 heterocycles. The summed E-state index contributed by atoms with van der Waals surface area (Å²) in [6, 6.07) is 1.71. The van der Waals surface area contributed by atoms with E-state index in [2.05, 4.69) is 23.7 Å². The van der Waals surface area contributed by atoms with E-state index in [1.807, 2.05) is 4.57 Å². The highest BCUT2D eigenvalue weighted by Gasteiger charge is 2.23. The molecule has 4 heteroatoms. The summed E-state index contributed by atoms with van der Waals surface area (Å²) in [6.45, 7) is 8.70. The molecule has 0 bridgehead atoms. The van der Waals surface area contributed by atoms with Crippen LogP contribution >= 0.6 is 0 Å². The Balaban J connectivity index is 1.47. The summed E-state index contributed by atoms with van der Waals surface area (Å²) in [4.78, 5) is 19.4. The molecule has 2 fully saturated rings. The average Bonchev–Trinajstić information content (AvgIpc) is 2.59. The van der Waals surface area contributed by atoms with Crippen molar-refractivity contribution in [3.05, 3.63) is 28.4 Å². The quantitative estimate of drug-likeness (QED) is 0.826. The summed E-state index contributed by atoms with van der Waals surface area (Å²) in [6.07, 6.45) is 11.4. The van der Waals surface area contributed by atoms with Gasteiger partial charge in [-0.25, -0.2) is 4.98 Å². The highest BCUT2D eigenvalue weighted by molar-refractivity contribution is 5.04. The van der Waals surface area contributed by atoms with Crippen molar-refractivity contribution in [2.75, 3.05) is 19.6 Å². The molecule has 0 atom stereocenters. The largest absolute Gasteiger partial charge is 0.303 e. The Hall–Kier alpha value is -1.16. The molecular weight excluding hydrogens is 298 g/mol. The predicted octanol–water partition coefficient (Wildman–Crippen LogP) is 3.66. The van der Waals surface area contributed by atoms with E-state index in [4.69, 9.17) is 0 Å². The molecule has 2 aliphatic rings. The van der Waals surface area contributed by atoms with E-state index in [0.29, 0.717) is 11.8 Å². The van der Waals surface area contributed by atoms with Crippen LogP contribution in [0.5, 0.6) is 0 Å². The molecule has 24 heavy (non-hydrogen) atoms. The molecule has 3 rings (SSSR count). The number of hydrogen-bond acceptors (Lipinski definition) is 3. The zero-order valence-corrected chi connectivity index (χ0v) is 15.4. The fourth-order valence-electron chi connectivity index (χ4n) is 4.26. The minimum Gasteiger partial charge on any atom is -0.303 e. The van der Waals surface area contributed by atoms with Crippen molar-refractivity contribution in [1.29, 1.82) is 0 Å². The smallest absolute Gasteiger partial charge is 0.253 e. The van der Waals surface area contributed by atoms with Gasteiger partial charge < -0.3 is 4.90 Å². The third-order valence-electron chi connectivity index (χ3n) is 5.90. The van der Waals surface area contributed by atoms with Gasteiger partial charge >= 0.3 is 0 Å². The molecule has 0 unspecified atom stereocenters. The Kier molecular flexibility index (Phi) is 6.09. The summed E-state index contributed by atoms with van der Waals surface area (Å²) in [7, 11) is 0. The highest BCUT2D eigenvalue weighted by atomic mass is 16.1. The number of piperidine rings is 1. The summed E-state index contributed by atoms with van der Waals surface area (Å²) >= 11 is 0. The third kappa shape index (κ3) is 4.69. The molecule has 1 aliphatic heterocycles. The van der Waals surface area contributed by atoms with Gasteiger partial charge in [0.15, 0.2) is 0 Å². The fourth-order valence-corrected chi connectivity index (χ4v) is 4.26. The molecule has 134 valence electrons. The molecule has 1 aromatic heterocycles. The predicted molar refractivity (Wildman–Crippen MR) is 98.3 cm³/mol. The van der Waals surface area contributed by atoms with Crippen LogP contribution in [0.4, 0.5) is 0 Å². The van der Waals surface area contributed by atoms with Crippen LogP contribution in [0.3, 0.4) is 0 Å². The zero-order chi connectivity index (χ0) is 16.9. The van der Waals surface area contributed by atoms with Gasteiger partial charge in [-0.3, -0.25) is 9.36 Å². The molecule has 1 aromatic rings. The van der Waals surface area contributed by atoms with Crippen LogP contribution in [0.1, 0.15) is 70.4 Å². The number of rotatable bonds is 5. The maximum absolute atomic E-state index is 12.3. The van der Waals surface area contributed by atoms with Gasteiger partial charge in [0.05, 0.1) is 12.0 Å². The van der Waals surface area contributed by atoms with E-state index in [1.54, 1.807) is 12.4 Å². The Morgan fingerprint density at radius 1 is 1.04 bits per heavy atom. The minimum atomic E-state index is 0.110. The van der Waals surface area contributed by atoms with E-state index < -0.39 is 0 Å². The second-order valence-electron chi connectivity index (χ2n) is 8.21. The van der Waals surface area contributed by atoms with Crippen molar-refractivity contribution in [3.63, 3.8) is 0 Å². The molecule has 0 aromatic carbocycles. The summed E-state index contributed by atoms with van der Waals surface area (Å²) < 4.78 is 1.81. The number of hydrogen-bond donors (Lipinski definition) is 0. The number of nitrogens with zero attached hydrogens (tertiary/aromatic N) is 3. The van der Waals surface area contributed by atoms with Gasteiger partial charge in [0.1, 0.15) is 0 Å². The maximum atomic E-state index is 12.3. The lowest BCUT2D eigenvalue weighted by Crippen LogP contribution is -2.39. The molecule has 4 nitrogen and oxygen atoms in total. The Morgan fingerprint density at radius 2 is 1.71 bits per heavy atom. The van der Waals surface area contributed by atoms with Crippen molar-refractivity contribution in [2.24, 2.45) is 11.8 Å². The second kappa shape index (κ2) is 8.28. The molecule has 0 radical (unpaired) electrons. The van der Waals surface area contributed by atoms with E-state index in [0.717, 1.165) is 18.2 Å². The van der Waals surface area contributed by atoms with E-state index in [1.165, 1.54) is 64.6 Å². The van der Waals surface area contributed by atoms with Crippen LogP contribution in [0.2, 0.25) is 0 Å². The highest BCUT2D eigenvalue weighted by Crippen LogP contribution is 2.26. The molecule has 0 spiro atoms. The zero-order valence-electron chi connectivity index (χ0n) is 15.4. The lowest BCUT2D eigenvalue weighted by Gasteiger charge is -2.35.